The van der Waals surface area contributed by atoms with Crippen LogP contribution in [-0.4, -0.2) is 35.1 Å². The van der Waals surface area contributed by atoms with Gasteiger partial charge < -0.3 is 4.90 Å². The van der Waals surface area contributed by atoms with E-state index in [1.165, 1.54) is 4.70 Å². The van der Waals surface area contributed by atoms with Crippen molar-refractivity contribution in [3.8, 4) is 0 Å². The average molecular weight is 292 g/mol. The number of thioether (sulfide) groups is 1. The number of piperidine rings is 1. The van der Waals surface area contributed by atoms with Crippen molar-refractivity contribution in [2.24, 2.45) is 5.92 Å². The van der Waals surface area contributed by atoms with Crippen LogP contribution < -0.4 is 0 Å². The van der Waals surface area contributed by atoms with Gasteiger partial charge in [-0.05, 0) is 24.5 Å². The molecule has 1 saturated heterocycles. The van der Waals surface area contributed by atoms with Crippen LogP contribution in [0.15, 0.2) is 28.6 Å². The normalized spacial score (nSPS) is 20.2. The van der Waals surface area contributed by atoms with Gasteiger partial charge in [-0.1, -0.05) is 23.9 Å². The molecule has 0 saturated carbocycles. The first-order chi connectivity index (χ1) is 9.22. The molecule has 0 aliphatic carbocycles. The lowest BCUT2D eigenvalue weighted by molar-refractivity contribution is -0.133. The third kappa shape index (κ3) is 2.92. The second-order valence-corrected chi connectivity index (χ2v) is 7.23. The third-order valence-electron chi connectivity index (χ3n) is 3.48. The van der Waals surface area contributed by atoms with Gasteiger partial charge in [0.25, 0.3) is 0 Å². The smallest absolute Gasteiger partial charge is 0.222 e. The van der Waals surface area contributed by atoms with E-state index in [9.17, 15) is 4.79 Å². The molecule has 1 unspecified atom stereocenters. The first-order valence-corrected chi connectivity index (χ1v) is 8.25. The number of benzene rings is 1. The van der Waals surface area contributed by atoms with Crippen molar-refractivity contribution in [1.29, 1.82) is 0 Å². The molecule has 1 atom stereocenters. The fourth-order valence-electron chi connectivity index (χ4n) is 2.25. The van der Waals surface area contributed by atoms with E-state index in [1.54, 1.807) is 23.1 Å². The summed E-state index contributed by atoms with van der Waals surface area (Å²) in [5.41, 5.74) is 1.08. The Morgan fingerprint density at radius 1 is 1.47 bits per heavy atom. The highest BCUT2D eigenvalue weighted by Crippen LogP contribution is 2.32. The number of likely N-dealkylation sites (tertiary alicyclic amines) is 1. The molecule has 19 heavy (non-hydrogen) atoms. The summed E-state index contributed by atoms with van der Waals surface area (Å²) in [6, 6.07) is 8.22. The summed E-state index contributed by atoms with van der Waals surface area (Å²) in [5, 5.41) is 0. The van der Waals surface area contributed by atoms with Gasteiger partial charge in [-0.2, -0.15) is 0 Å². The van der Waals surface area contributed by atoms with Crippen molar-refractivity contribution in [2.45, 2.75) is 17.2 Å². The Kier molecular flexibility index (Phi) is 3.75. The molecular formula is C14H16N2OS2. The second-order valence-electron chi connectivity index (χ2n) is 4.93. The highest BCUT2D eigenvalue weighted by molar-refractivity contribution is 8.01. The minimum atomic E-state index is 0.279. The van der Waals surface area contributed by atoms with Crippen LogP contribution in [0.4, 0.5) is 0 Å². The summed E-state index contributed by atoms with van der Waals surface area (Å²) in [4.78, 5) is 18.1. The van der Waals surface area contributed by atoms with Gasteiger partial charge in [0, 0.05) is 25.8 Å². The van der Waals surface area contributed by atoms with Gasteiger partial charge >= 0.3 is 0 Å². The van der Waals surface area contributed by atoms with Crippen molar-refractivity contribution in [3.05, 3.63) is 24.3 Å². The summed E-state index contributed by atoms with van der Waals surface area (Å²) in [7, 11) is 1.89. The van der Waals surface area contributed by atoms with Crippen molar-refractivity contribution in [1.82, 2.24) is 9.88 Å². The van der Waals surface area contributed by atoms with Gasteiger partial charge in [0.05, 0.1) is 10.2 Å². The van der Waals surface area contributed by atoms with Crippen LogP contribution in [0.25, 0.3) is 10.2 Å². The van der Waals surface area contributed by atoms with Gasteiger partial charge in [0.2, 0.25) is 5.91 Å². The predicted octanol–water partition coefficient (Wildman–Crippen LogP) is 3.26. The van der Waals surface area contributed by atoms with E-state index in [0.717, 1.165) is 28.6 Å². The number of carbonyl (C=O) groups excluding carboxylic acids is 1. The van der Waals surface area contributed by atoms with Crippen LogP contribution in [0.3, 0.4) is 0 Å². The second kappa shape index (κ2) is 5.51. The lowest BCUT2D eigenvalue weighted by atomic mass is 9.99. The summed E-state index contributed by atoms with van der Waals surface area (Å²) in [6.07, 6.45) is 1.80. The van der Waals surface area contributed by atoms with Crippen LogP contribution in [-0.2, 0) is 4.79 Å². The number of rotatable bonds is 3. The standard InChI is InChI=1S/C14H16N2OS2/c1-16-7-6-10(8-13(16)17)9-18-14-15-11-4-2-3-5-12(11)19-14/h2-5,10H,6-9H2,1H3. The molecule has 1 aromatic carbocycles. The van der Waals surface area contributed by atoms with E-state index in [0.29, 0.717) is 12.3 Å². The molecule has 0 spiro atoms. The number of aromatic nitrogens is 1. The van der Waals surface area contributed by atoms with Crippen LogP contribution in [0.2, 0.25) is 0 Å². The maximum Gasteiger partial charge on any atom is 0.222 e. The summed E-state index contributed by atoms with van der Waals surface area (Å²) in [5.74, 6) is 1.78. The number of hydrogen-bond acceptors (Lipinski definition) is 4. The molecule has 1 aromatic heterocycles. The molecule has 2 heterocycles. The molecule has 0 N–H and O–H groups in total. The molecule has 1 aliphatic heterocycles. The largest absolute Gasteiger partial charge is 0.346 e. The monoisotopic (exact) mass is 292 g/mol. The summed E-state index contributed by atoms with van der Waals surface area (Å²) < 4.78 is 2.36. The average Bonchev–Trinajstić information content (AvgIpc) is 2.83. The van der Waals surface area contributed by atoms with Crippen LogP contribution in [0.5, 0.6) is 0 Å². The number of hydrogen-bond donors (Lipinski definition) is 0. The molecule has 2 aromatic rings. The first-order valence-electron chi connectivity index (χ1n) is 6.45. The molecule has 3 nitrogen and oxygen atoms in total. The fraction of sp³-hybridized carbons (Fsp3) is 0.429. The highest BCUT2D eigenvalue weighted by atomic mass is 32.2. The van der Waals surface area contributed by atoms with E-state index < -0.39 is 0 Å². The highest BCUT2D eigenvalue weighted by Gasteiger charge is 2.23. The Morgan fingerprint density at radius 3 is 3.11 bits per heavy atom. The molecule has 5 heteroatoms. The van der Waals surface area contributed by atoms with E-state index in [2.05, 4.69) is 17.1 Å². The lowest BCUT2D eigenvalue weighted by Crippen LogP contribution is -2.36. The zero-order valence-corrected chi connectivity index (χ0v) is 12.5. The minimum absolute atomic E-state index is 0.279. The molecule has 3 rings (SSSR count). The van der Waals surface area contributed by atoms with Crippen LogP contribution in [0, 0.1) is 5.92 Å². The molecule has 1 fully saturated rings. The zero-order valence-electron chi connectivity index (χ0n) is 10.8. The maximum absolute atomic E-state index is 11.7. The van der Waals surface area contributed by atoms with Gasteiger partial charge in [-0.15, -0.1) is 11.3 Å². The number of para-hydroxylation sites is 1. The van der Waals surface area contributed by atoms with Crippen LogP contribution in [0.1, 0.15) is 12.8 Å². The van der Waals surface area contributed by atoms with E-state index in [4.69, 9.17) is 0 Å². The number of amides is 1. The molecular weight excluding hydrogens is 276 g/mol. The number of thiazole rings is 1. The Bertz CT molecular complexity index is 563. The van der Waals surface area contributed by atoms with Crippen LogP contribution >= 0.6 is 23.1 Å². The quantitative estimate of drug-likeness (QED) is 0.814. The molecule has 0 bridgehead atoms. The van der Waals surface area contributed by atoms with Gasteiger partial charge in [0.1, 0.15) is 0 Å². The van der Waals surface area contributed by atoms with Gasteiger partial charge in [0.15, 0.2) is 4.34 Å². The minimum Gasteiger partial charge on any atom is -0.346 e. The zero-order chi connectivity index (χ0) is 13.2. The SMILES string of the molecule is CN1CCC(CSc2nc3ccccc3s2)CC1=O. The number of fused-ring (bicyclic) bond motifs is 1. The first kappa shape index (κ1) is 12.9. The Labute approximate surface area is 121 Å². The van der Waals surface area contributed by atoms with E-state index >= 15 is 0 Å². The molecule has 1 aliphatic rings. The molecule has 100 valence electrons. The Morgan fingerprint density at radius 2 is 2.32 bits per heavy atom. The van der Waals surface area contributed by atoms with E-state index in [1.807, 2.05) is 24.1 Å². The van der Waals surface area contributed by atoms with Crippen molar-refractivity contribution < 1.29 is 4.79 Å². The molecule has 1 amide bonds. The van der Waals surface area contributed by atoms with E-state index in [-0.39, 0.29) is 5.91 Å². The Hall–Kier alpha value is -1.07. The summed E-state index contributed by atoms with van der Waals surface area (Å²) >= 11 is 3.54. The lowest BCUT2D eigenvalue weighted by Gasteiger charge is -2.28. The van der Waals surface area contributed by atoms with Crippen molar-refractivity contribution >= 4 is 39.2 Å². The van der Waals surface area contributed by atoms with Gasteiger partial charge in [-0.3, -0.25) is 4.79 Å². The number of carbonyl (C=O) groups is 1. The summed E-state index contributed by atoms with van der Waals surface area (Å²) in [6.45, 7) is 0.893. The van der Waals surface area contributed by atoms with Crippen molar-refractivity contribution in [2.75, 3.05) is 19.3 Å². The topological polar surface area (TPSA) is 33.2 Å². The third-order valence-corrected chi connectivity index (χ3v) is 5.89. The molecule has 0 radical (unpaired) electrons. The fourth-order valence-corrected chi connectivity index (χ4v) is 4.48. The Balaban J connectivity index is 1.61. The maximum atomic E-state index is 11.7. The van der Waals surface area contributed by atoms with Gasteiger partial charge in [-0.25, -0.2) is 4.98 Å². The predicted molar refractivity (Wildman–Crippen MR) is 80.7 cm³/mol. The number of nitrogens with zero attached hydrogens (tertiary/aromatic N) is 2. The van der Waals surface area contributed by atoms with Crippen molar-refractivity contribution in [3.63, 3.8) is 0 Å².